The molecule has 0 saturated heterocycles. The molecule has 0 aliphatic carbocycles. The summed E-state index contributed by atoms with van der Waals surface area (Å²) in [6.45, 7) is -0.800. The van der Waals surface area contributed by atoms with Crippen molar-refractivity contribution in [2.45, 2.75) is 12.2 Å². The van der Waals surface area contributed by atoms with E-state index < -0.39 is 12.2 Å². The van der Waals surface area contributed by atoms with Crippen molar-refractivity contribution < 1.29 is 56.1 Å². The molecule has 0 heterocycles. The predicted molar refractivity (Wildman–Crippen MR) is 38.1 cm³/mol. The maximum absolute atomic E-state index is 8.72. The zero-order chi connectivity index (χ0) is 8.69. The number of hydrogen-bond donors (Lipinski definition) is 4. The Kier molecular flexibility index (Phi) is 12.6. The van der Waals surface area contributed by atoms with Gasteiger partial charge in [-0.15, -0.1) is 0 Å². The van der Waals surface area contributed by atoms with E-state index in [2.05, 4.69) is 0 Å². The van der Waals surface area contributed by atoms with E-state index in [4.69, 9.17) is 25.2 Å². The SMILES string of the molecule is OCC(O)COCC(O)CO.[H-].[Na+]. The molecule has 2 unspecified atom stereocenters. The molecule has 0 spiro atoms. The fourth-order valence-electron chi connectivity index (χ4n) is 0.446. The Morgan fingerprint density at radius 1 is 1.00 bits per heavy atom. The Bertz CT molecular complexity index is 87.1. The van der Waals surface area contributed by atoms with Crippen molar-refractivity contribution >= 4 is 0 Å². The minimum absolute atomic E-state index is 0. The van der Waals surface area contributed by atoms with Crippen molar-refractivity contribution in [2.24, 2.45) is 0 Å². The van der Waals surface area contributed by atoms with Gasteiger partial charge in [-0.1, -0.05) is 0 Å². The minimum atomic E-state index is -0.916. The van der Waals surface area contributed by atoms with Crippen LogP contribution in [0.3, 0.4) is 0 Å². The van der Waals surface area contributed by atoms with Crippen LogP contribution in [0.5, 0.6) is 0 Å². The molecule has 6 heteroatoms. The first-order chi connectivity index (χ1) is 5.20. The van der Waals surface area contributed by atoms with Crippen molar-refractivity contribution in [3.8, 4) is 0 Å². The van der Waals surface area contributed by atoms with Crippen LogP contribution < -0.4 is 29.6 Å². The third kappa shape index (κ3) is 8.89. The van der Waals surface area contributed by atoms with Crippen LogP contribution in [-0.4, -0.2) is 59.1 Å². The molecule has 0 aromatic carbocycles. The summed E-state index contributed by atoms with van der Waals surface area (Å²) in [6.07, 6.45) is -1.83. The molecule has 0 fully saturated rings. The van der Waals surface area contributed by atoms with E-state index in [0.29, 0.717) is 0 Å². The van der Waals surface area contributed by atoms with Gasteiger partial charge >= 0.3 is 29.6 Å². The minimum Gasteiger partial charge on any atom is -1.00 e. The van der Waals surface area contributed by atoms with E-state index in [1.54, 1.807) is 0 Å². The fraction of sp³-hybridized carbons (Fsp3) is 1.00. The Hall–Kier alpha value is 0.800. The molecule has 12 heavy (non-hydrogen) atoms. The smallest absolute Gasteiger partial charge is 1.00 e. The summed E-state index contributed by atoms with van der Waals surface area (Å²) in [7, 11) is 0. The van der Waals surface area contributed by atoms with Crippen LogP contribution in [0.15, 0.2) is 0 Å². The quantitative estimate of drug-likeness (QED) is 0.314. The van der Waals surface area contributed by atoms with Gasteiger partial charge in [-0.3, -0.25) is 0 Å². The molecule has 2 atom stereocenters. The topological polar surface area (TPSA) is 90.2 Å². The van der Waals surface area contributed by atoms with E-state index in [-0.39, 0.29) is 57.4 Å². The van der Waals surface area contributed by atoms with Crippen LogP contribution in [0.2, 0.25) is 0 Å². The van der Waals surface area contributed by atoms with Gasteiger partial charge in [0.05, 0.1) is 26.4 Å². The summed E-state index contributed by atoms with van der Waals surface area (Å²) in [5, 5.41) is 34.1. The summed E-state index contributed by atoms with van der Waals surface area (Å²) in [5.41, 5.74) is 0. The summed E-state index contributed by atoms with van der Waals surface area (Å²) >= 11 is 0. The Morgan fingerprint density at radius 2 is 1.33 bits per heavy atom. The van der Waals surface area contributed by atoms with Crippen LogP contribution >= 0.6 is 0 Å². The van der Waals surface area contributed by atoms with Gasteiger partial charge in [0.2, 0.25) is 0 Å². The monoisotopic (exact) mass is 190 g/mol. The fourth-order valence-corrected chi connectivity index (χ4v) is 0.446. The maximum atomic E-state index is 8.72. The standard InChI is InChI=1S/C6H14O5.Na.H/c7-1-5(9)3-11-4-6(10)2-8;;/h5-10H,1-4H2;;/q;+1;-1. The van der Waals surface area contributed by atoms with Crippen LogP contribution in [-0.2, 0) is 4.74 Å². The molecule has 5 nitrogen and oxygen atoms in total. The van der Waals surface area contributed by atoms with Gasteiger partial charge in [0.15, 0.2) is 0 Å². The summed E-state index contributed by atoms with van der Waals surface area (Å²) in [5.74, 6) is 0. The molecule has 4 N–H and O–H groups in total. The second-order valence-electron chi connectivity index (χ2n) is 2.21. The third-order valence-electron chi connectivity index (χ3n) is 1.04. The predicted octanol–water partition coefficient (Wildman–Crippen LogP) is -5.17. The van der Waals surface area contributed by atoms with Crippen molar-refractivity contribution in [1.82, 2.24) is 0 Å². The van der Waals surface area contributed by atoms with Crippen molar-refractivity contribution in [2.75, 3.05) is 26.4 Å². The van der Waals surface area contributed by atoms with Gasteiger partial charge < -0.3 is 26.6 Å². The van der Waals surface area contributed by atoms with Gasteiger partial charge in [0.1, 0.15) is 12.2 Å². The summed E-state index contributed by atoms with van der Waals surface area (Å²) in [4.78, 5) is 0. The molecule has 70 valence electrons. The molecule has 0 aliphatic heterocycles. The second kappa shape index (κ2) is 9.88. The first-order valence-corrected chi connectivity index (χ1v) is 3.36. The third-order valence-corrected chi connectivity index (χ3v) is 1.04. The molecule has 0 radical (unpaired) electrons. The van der Waals surface area contributed by atoms with E-state index in [1.165, 1.54) is 0 Å². The van der Waals surface area contributed by atoms with Gasteiger partial charge in [-0.25, -0.2) is 0 Å². The van der Waals surface area contributed by atoms with Crippen molar-refractivity contribution in [3.05, 3.63) is 0 Å². The van der Waals surface area contributed by atoms with Crippen LogP contribution in [0, 0.1) is 0 Å². The van der Waals surface area contributed by atoms with Gasteiger partial charge in [-0.2, -0.15) is 0 Å². The Morgan fingerprint density at radius 3 is 1.58 bits per heavy atom. The average molecular weight is 190 g/mol. The van der Waals surface area contributed by atoms with Crippen molar-refractivity contribution in [3.63, 3.8) is 0 Å². The number of hydrogen-bond acceptors (Lipinski definition) is 5. The molecular weight excluding hydrogens is 175 g/mol. The Labute approximate surface area is 94.8 Å². The Balaban J connectivity index is -0.000000500. The van der Waals surface area contributed by atoms with E-state index in [9.17, 15) is 0 Å². The second-order valence-corrected chi connectivity index (χ2v) is 2.21. The zero-order valence-electron chi connectivity index (χ0n) is 8.18. The van der Waals surface area contributed by atoms with Gasteiger partial charge in [0, 0.05) is 0 Å². The van der Waals surface area contributed by atoms with E-state index in [1.807, 2.05) is 0 Å². The molecule has 0 bridgehead atoms. The molecule has 0 rings (SSSR count). The summed E-state index contributed by atoms with van der Waals surface area (Å²) < 4.78 is 4.72. The maximum Gasteiger partial charge on any atom is 1.00 e. The van der Waals surface area contributed by atoms with Crippen molar-refractivity contribution in [1.29, 1.82) is 0 Å². The molecule has 0 amide bonds. The molecule has 0 saturated carbocycles. The first-order valence-electron chi connectivity index (χ1n) is 3.36. The number of aliphatic hydroxyl groups is 4. The first kappa shape index (κ1) is 15.3. The zero-order valence-corrected chi connectivity index (χ0v) is 9.18. The molecule has 0 aromatic heterocycles. The molecule has 0 aromatic rings. The number of ether oxygens (including phenoxy) is 1. The van der Waals surface area contributed by atoms with E-state index >= 15 is 0 Å². The normalized spacial score (nSPS) is 15.0. The van der Waals surface area contributed by atoms with Crippen LogP contribution in [0.25, 0.3) is 0 Å². The average Bonchev–Trinajstić information content (AvgIpc) is 2.04. The van der Waals surface area contributed by atoms with E-state index in [0.717, 1.165) is 0 Å². The molecular formula is C6H15NaO5. The van der Waals surface area contributed by atoms with Gasteiger partial charge in [-0.05, 0) is 0 Å². The van der Waals surface area contributed by atoms with Crippen LogP contribution in [0.1, 0.15) is 1.43 Å². The summed E-state index contributed by atoms with van der Waals surface area (Å²) in [6, 6.07) is 0. The van der Waals surface area contributed by atoms with Gasteiger partial charge in [0.25, 0.3) is 0 Å². The number of aliphatic hydroxyl groups excluding tert-OH is 4. The van der Waals surface area contributed by atoms with Crippen LogP contribution in [0.4, 0.5) is 0 Å². The molecule has 0 aliphatic rings. The number of rotatable bonds is 6. The largest absolute Gasteiger partial charge is 1.00 e.